The highest BCUT2D eigenvalue weighted by atomic mass is 16.5. The number of carbonyl (C=O) groups excluding carboxylic acids is 1. The Morgan fingerprint density at radius 3 is 2.39 bits per heavy atom. The summed E-state index contributed by atoms with van der Waals surface area (Å²) < 4.78 is 5.44. The van der Waals surface area contributed by atoms with Crippen molar-refractivity contribution in [2.24, 2.45) is 0 Å². The van der Waals surface area contributed by atoms with Gasteiger partial charge in [0, 0.05) is 69.0 Å². The van der Waals surface area contributed by atoms with E-state index in [1.807, 2.05) is 36.1 Å². The number of carbonyl (C=O) groups is 1. The molecule has 2 aliphatic heterocycles. The van der Waals surface area contributed by atoms with Gasteiger partial charge in [-0.15, -0.1) is 0 Å². The molecule has 9 nitrogen and oxygen atoms in total. The fraction of sp³-hybridized carbons (Fsp3) is 0.409. The molecule has 2 aromatic heterocycles. The molecule has 0 atom stereocenters. The predicted molar refractivity (Wildman–Crippen MR) is 117 cm³/mol. The monoisotopic (exact) mass is 419 g/mol. The third-order valence-corrected chi connectivity index (χ3v) is 5.73. The Morgan fingerprint density at radius 2 is 1.61 bits per heavy atom. The normalized spacial score (nSPS) is 17.3. The Kier molecular flexibility index (Phi) is 5.33. The Hall–Kier alpha value is -3.33. The standard InChI is InChI=1S/C22H25N7O2/c1-16-14-20(26-22(25-16)29-10-12-31-13-11-29)27-6-8-28(9-7-27)21(30)17-2-3-18-19(15-17)24-5-4-23-18/h2-5,14-15H,6-13H2,1H3. The molecule has 0 radical (unpaired) electrons. The number of aromatic nitrogens is 4. The van der Waals surface area contributed by atoms with Crippen molar-refractivity contribution in [2.45, 2.75) is 6.92 Å². The molecule has 160 valence electrons. The molecule has 0 aliphatic carbocycles. The molecule has 1 amide bonds. The minimum Gasteiger partial charge on any atom is -0.378 e. The number of fused-ring (bicyclic) bond motifs is 1. The van der Waals surface area contributed by atoms with Crippen LogP contribution in [0.5, 0.6) is 0 Å². The summed E-state index contributed by atoms with van der Waals surface area (Å²) in [4.78, 5) is 37.3. The number of piperazine rings is 1. The summed E-state index contributed by atoms with van der Waals surface area (Å²) in [6, 6.07) is 7.51. The molecule has 0 N–H and O–H groups in total. The van der Waals surface area contributed by atoms with Gasteiger partial charge in [0.1, 0.15) is 5.82 Å². The van der Waals surface area contributed by atoms with E-state index in [1.54, 1.807) is 12.4 Å². The van der Waals surface area contributed by atoms with Gasteiger partial charge in [0.05, 0.1) is 24.2 Å². The molecule has 9 heteroatoms. The largest absolute Gasteiger partial charge is 0.378 e. The van der Waals surface area contributed by atoms with Crippen molar-refractivity contribution >= 4 is 28.7 Å². The van der Waals surface area contributed by atoms with Crippen molar-refractivity contribution in [3.8, 4) is 0 Å². The first-order valence-electron chi connectivity index (χ1n) is 10.6. The molecule has 2 aliphatic rings. The Labute approximate surface area is 180 Å². The van der Waals surface area contributed by atoms with Crippen LogP contribution in [0.15, 0.2) is 36.7 Å². The van der Waals surface area contributed by atoms with E-state index in [0.29, 0.717) is 31.9 Å². The minimum atomic E-state index is 0.0278. The van der Waals surface area contributed by atoms with Gasteiger partial charge in [-0.25, -0.2) is 4.98 Å². The van der Waals surface area contributed by atoms with Gasteiger partial charge in [0.25, 0.3) is 5.91 Å². The second-order valence-electron chi connectivity index (χ2n) is 7.81. The number of hydrogen-bond acceptors (Lipinski definition) is 8. The molecule has 3 aromatic rings. The SMILES string of the molecule is Cc1cc(N2CCN(C(=O)c3ccc4nccnc4c3)CC2)nc(N2CCOCC2)n1. The Balaban J connectivity index is 1.27. The van der Waals surface area contributed by atoms with Gasteiger partial charge >= 0.3 is 0 Å². The van der Waals surface area contributed by atoms with Crippen molar-refractivity contribution in [3.63, 3.8) is 0 Å². The maximum absolute atomic E-state index is 13.0. The lowest BCUT2D eigenvalue weighted by molar-refractivity contribution is 0.0746. The van der Waals surface area contributed by atoms with Crippen LogP contribution in [0.1, 0.15) is 16.1 Å². The summed E-state index contributed by atoms with van der Waals surface area (Å²) in [5.41, 5.74) is 3.12. The number of morpholine rings is 1. The van der Waals surface area contributed by atoms with E-state index in [4.69, 9.17) is 9.72 Å². The lowest BCUT2D eigenvalue weighted by Gasteiger charge is -2.36. The topological polar surface area (TPSA) is 87.6 Å². The summed E-state index contributed by atoms with van der Waals surface area (Å²) >= 11 is 0. The molecule has 4 heterocycles. The average Bonchev–Trinajstić information content (AvgIpc) is 2.83. The van der Waals surface area contributed by atoms with Gasteiger partial charge in [0.2, 0.25) is 5.95 Å². The van der Waals surface area contributed by atoms with Crippen molar-refractivity contribution < 1.29 is 9.53 Å². The summed E-state index contributed by atoms with van der Waals surface area (Å²) in [5.74, 6) is 1.70. The van der Waals surface area contributed by atoms with Crippen LogP contribution >= 0.6 is 0 Å². The van der Waals surface area contributed by atoms with Gasteiger partial charge in [-0.05, 0) is 25.1 Å². The summed E-state index contributed by atoms with van der Waals surface area (Å²) in [6.07, 6.45) is 3.30. The van der Waals surface area contributed by atoms with Crippen LogP contribution in [-0.4, -0.2) is 83.2 Å². The van der Waals surface area contributed by atoms with Crippen molar-refractivity contribution in [3.05, 3.63) is 47.9 Å². The van der Waals surface area contributed by atoms with Gasteiger partial charge in [-0.2, -0.15) is 4.98 Å². The van der Waals surface area contributed by atoms with Gasteiger partial charge < -0.3 is 19.4 Å². The first-order valence-corrected chi connectivity index (χ1v) is 10.6. The molecule has 31 heavy (non-hydrogen) atoms. The maximum Gasteiger partial charge on any atom is 0.254 e. The molecule has 2 saturated heterocycles. The van der Waals surface area contributed by atoms with Gasteiger partial charge in [-0.3, -0.25) is 14.8 Å². The number of anilines is 2. The zero-order valence-electron chi connectivity index (χ0n) is 17.6. The number of amides is 1. The number of benzene rings is 1. The van der Waals surface area contributed by atoms with Crippen LogP contribution < -0.4 is 9.80 Å². The van der Waals surface area contributed by atoms with Crippen molar-refractivity contribution in [1.29, 1.82) is 0 Å². The van der Waals surface area contributed by atoms with Crippen LogP contribution in [-0.2, 0) is 4.74 Å². The van der Waals surface area contributed by atoms with E-state index in [2.05, 4.69) is 24.8 Å². The second kappa shape index (κ2) is 8.43. The predicted octanol–water partition coefficient (Wildman–Crippen LogP) is 1.53. The number of ether oxygens (including phenoxy) is 1. The number of rotatable bonds is 3. The maximum atomic E-state index is 13.0. The number of hydrogen-bond donors (Lipinski definition) is 0. The Bertz CT molecular complexity index is 1090. The van der Waals surface area contributed by atoms with E-state index < -0.39 is 0 Å². The highest BCUT2D eigenvalue weighted by molar-refractivity contribution is 5.97. The molecule has 5 rings (SSSR count). The molecular formula is C22H25N7O2. The van der Waals surface area contributed by atoms with E-state index in [1.165, 1.54) is 0 Å². The summed E-state index contributed by atoms with van der Waals surface area (Å²) in [5, 5.41) is 0. The van der Waals surface area contributed by atoms with Crippen LogP contribution in [0, 0.1) is 6.92 Å². The van der Waals surface area contributed by atoms with Crippen LogP contribution in [0.2, 0.25) is 0 Å². The number of aryl methyl sites for hydroxylation is 1. The minimum absolute atomic E-state index is 0.0278. The second-order valence-corrected chi connectivity index (χ2v) is 7.81. The zero-order valence-corrected chi connectivity index (χ0v) is 17.6. The first kappa shape index (κ1) is 19.6. The fourth-order valence-electron chi connectivity index (χ4n) is 4.02. The smallest absolute Gasteiger partial charge is 0.254 e. The Morgan fingerprint density at radius 1 is 0.871 bits per heavy atom. The molecule has 0 bridgehead atoms. The van der Waals surface area contributed by atoms with Crippen LogP contribution in [0.4, 0.5) is 11.8 Å². The molecule has 2 fully saturated rings. The summed E-state index contributed by atoms with van der Waals surface area (Å²) in [7, 11) is 0. The van der Waals surface area contributed by atoms with Crippen molar-refractivity contribution in [1.82, 2.24) is 24.8 Å². The average molecular weight is 419 g/mol. The van der Waals surface area contributed by atoms with Gasteiger partial charge in [0.15, 0.2) is 0 Å². The van der Waals surface area contributed by atoms with E-state index in [-0.39, 0.29) is 5.91 Å². The highest BCUT2D eigenvalue weighted by Crippen LogP contribution is 2.21. The van der Waals surface area contributed by atoms with E-state index >= 15 is 0 Å². The zero-order chi connectivity index (χ0) is 21.2. The fourth-order valence-corrected chi connectivity index (χ4v) is 4.02. The summed E-state index contributed by atoms with van der Waals surface area (Å²) in [6.45, 7) is 7.78. The van der Waals surface area contributed by atoms with E-state index in [0.717, 1.165) is 54.7 Å². The third kappa shape index (κ3) is 4.13. The van der Waals surface area contributed by atoms with Crippen LogP contribution in [0.25, 0.3) is 11.0 Å². The molecule has 0 spiro atoms. The molecule has 0 saturated carbocycles. The lowest BCUT2D eigenvalue weighted by atomic mass is 10.1. The lowest BCUT2D eigenvalue weighted by Crippen LogP contribution is -2.49. The molecule has 0 unspecified atom stereocenters. The molecular weight excluding hydrogens is 394 g/mol. The van der Waals surface area contributed by atoms with Crippen LogP contribution in [0.3, 0.4) is 0 Å². The van der Waals surface area contributed by atoms with E-state index in [9.17, 15) is 4.79 Å². The first-order chi connectivity index (χ1) is 15.2. The molecule has 1 aromatic carbocycles. The van der Waals surface area contributed by atoms with Gasteiger partial charge in [-0.1, -0.05) is 0 Å². The third-order valence-electron chi connectivity index (χ3n) is 5.73. The van der Waals surface area contributed by atoms with Crippen molar-refractivity contribution in [2.75, 3.05) is 62.3 Å². The highest BCUT2D eigenvalue weighted by Gasteiger charge is 2.24. The quantitative estimate of drug-likeness (QED) is 0.632. The number of nitrogens with zero attached hydrogens (tertiary/aromatic N) is 7.